The highest BCUT2D eigenvalue weighted by Crippen LogP contribution is 2.35. The second kappa shape index (κ2) is 7.72. The Morgan fingerprint density at radius 2 is 1.86 bits per heavy atom. The zero-order chi connectivity index (χ0) is 20.4. The highest BCUT2D eigenvalue weighted by atomic mass is 16.6. The monoisotopic (exact) mass is 396 g/mol. The van der Waals surface area contributed by atoms with E-state index in [0.717, 1.165) is 0 Å². The number of amides is 1. The molecule has 0 unspecified atom stereocenters. The Hall–Kier alpha value is -3.72. The maximum atomic E-state index is 12.5. The summed E-state index contributed by atoms with van der Waals surface area (Å²) in [7, 11) is 0. The summed E-state index contributed by atoms with van der Waals surface area (Å²) in [6, 6.07) is 10.3. The molecule has 148 valence electrons. The van der Waals surface area contributed by atoms with Crippen LogP contribution in [0.5, 0.6) is 11.5 Å². The van der Waals surface area contributed by atoms with E-state index < -0.39 is 11.0 Å². The molecule has 2 aromatic rings. The van der Waals surface area contributed by atoms with Crippen LogP contribution in [0, 0.1) is 10.1 Å². The first-order chi connectivity index (χ1) is 14.0. The quantitative estimate of drug-likeness (QED) is 0.446. The normalized spacial score (nSPS) is 17.0. The number of rotatable bonds is 3. The third kappa shape index (κ3) is 3.94. The van der Waals surface area contributed by atoms with Gasteiger partial charge in [-0.25, -0.2) is 4.79 Å². The fourth-order valence-corrected chi connectivity index (χ4v) is 2.99. The number of nitro groups is 1. The van der Waals surface area contributed by atoms with E-state index in [4.69, 9.17) is 14.2 Å². The number of hydrogen-bond donors (Lipinski definition) is 0. The summed E-state index contributed by atoms with van der Waals surface area (Å²) in [4.78, 5) is 36.5. The minimum Gasteiger partial charge on any atom is -0.452 e. The summed E-state index contributed by atoms with van der Waals surface area (Å²) in [5.74, 6) is 0.329. The number of morpholine rings is 1. The minimum atomic E-state index is -0.496. The number of allylic oxidation sites excluding steroid dienone is 1. The molecule has 0 N–H and O–H groups in total. The van der Waals surface area contributed by atoms with E-state index in [9.17, 15) is 19.7 Å². The van der Waals surface area contributed by atoms with Crippen LogP contribution in [0.3, 0.4) is 0 Å². The second-order valence-corrected chi connectivity index (χ2v) is 6.41. The van der Waals surface area contributed by atoms with Crippen molar-refractivity contribution in [2.24, 2.45) is 0 Å². The summed E-state index contributed by atoms with van der Waals surface area (Å²) >= 11 is 0. The fourth-order valence-electron chi connectivity index (χ4n) is 2.99. The molecule has 0 saturated carbocycles. The number of hydrogen-bond acceptors (Lipinski definition) is 7. The number of nitro benzene ring substituents is 1. The Kier molecular flexibility index (Phi) is 4.96. The number of carbonyl (C=O) groups excluding carboxylic acids is 2. The lowest BCUT2D eigenvalue weighted by atomic mass is 10.1. The van der Waals surface area contributed by atoms with Crippen LogP contribution in [-0.4, -0.2) is 48.0 Å². The molecule has 0 aromatic heterocycles. The lowest BCUT2D eigenvalue weighted by molar-refractivity contribution is -0.384. The summed E-state index contributed by atoms with van der Waals surface area (Å²) < 4.78 is 16.2. The Morgan fingerprint density at radius 3 is 2.55 bits per heavy atom. The minimum absolute atomic E-state index is 0.0409. The molecule has 9 nitrogen and oxygen atoms in total. The smallest absolute Gasteiger partial charge is 0.415 e. The molecule has 4 rings (SSSR count). The molecule has 0 bridgehead atoms. The van der Waals surface area contributed by atoms with Gasteiger partial charge < -0.3 is 19.1 Å². The van der Waals surface area contributed by atoms with Crippen LogP contribution in [0.4, 0.5) is 10.5 Å². The Balaban J connectivity index is 1.49. The lowest BCUT2D eigenvalue weighted by Gasteiger charge is -2.25. The lowest BCUT2D eigenvalue weighted by Crippen LogP contribution is -2.42. The number of Topliss-reactive ketones (excluding diaryl/α,β-unsaturated/α-hetero) is 1. The number of benzene rings is 2. The molecule has 0 radical (unpaired) electrons. The SMILES string of the molecule is O=C1/C(=C/c2ccc([N+](=O)[O-])cc2)Oc2cc(OC(=O)N3CCOCC3)ccc21. The third-order valence-corrected chi connectivity index (χ3v) is 4.52. The van der Waals surface area contributed by atoms with Crippen molar-refractivity contribution in [2.45, 2.75) is 0 Å². The predicted octanol–water partition coefficient (Wildman–Crippen LogP) is 3.04. The standard InChI is InChI=1S/C20H16N2O7/c23-19-16-6-5-15(28-20(24)21-7-9-27-10-8-21)12-17(16)29-18(19)11-13-1-3-14(4-2-13)22(25)26/h1-6,11-12H,7-10H2/b18-11-. The second-order valence-electron chi connectivity index (χ2n) is 6.41. The number of nitrogens with zero attached hydrogens (tertiary/aromatic N) is 2. The van der Waals surface area contributed by atoms with E-state index in [1.807, 2.05) is 0 Å². The van der Waals surface area contributed by atoms with Crippen molar-refractivity contribution in [1.29, 1.82) is 0 Å². The van der Waals surface area contributed by atoms with Gasteiger partial charge in [-0.15, -0.1) is 0 Å². The van der Waals surface area contributed by atoms with Crippen molar-refractivity contribution in [1.82, 2.24) is 4.90 Å². The van der Waals surface area contributed by atoms with E-state index in [1.165, 1.54) is 48.5 Å². The molecular formula is C20H16N2O7. The van der Waals surface area contributed by atoms with Crippen molar-refractivity contribution in [3.05, 3.63) is 69.5 Å². The molecule has 1 saturated heterocycles. The molecule has 2 aliphatic rings. The van der Waals surface area contributed by atoms with Gasteiger partial charge in [-0.2, -0.15) is 0 Å². The highest BCUT2D eigenvalue weighted by molar-refractivity contribution is 6.14. The molecule has 0 atom stereocenters. The molecular weight excluding hydrogens is 380 g/mol. The average molecular weight is 396 g/mol. The van der Waals surface area contributed by atoms with Crippen molar-refractivity contribution >= 4 is 23.6 Å². The first kappa shape index (κ1) is 18.6. The molecule has 9 heteroatoms. The number of carbonyl (C=O) groups is 2. The van der Waals surface area contributed by atoms with Gasteiger partial charge in [0.1, 0.15) is 11.5 Å². The van der Waals surface area contributed by atoms with Gasteiger partial charge in [-0.3, -0.25) is 14.9 Å². The zero-order valence-corrected chi connectivity index (χ0v) is 15.2. The fraction of sp³-hybridized carbons (Fsp3) is 0.200. The van der Waals surface area contributed by atoms with E-state index in [-0.39, 0.29) is 28.7 Å². The number of non-ortho nitro benzene ring substituents is 1. The predicted molar refractivity (Wildman–Crippen MR) is 101 cm³/mol. The van der Waals surface area contributed by atoms with Gasteiger partial charge in [0.15, 0.2) is 5.76 Å². The van der Waals surface area contributed by atoms with Crippen LogP contribution >= 0.6 is 0 Å². The third-order valence-electron chi connectivity index (χ3n) is 4.52. The largest absolute Gasteiger partial charge is 0.452 e. The van der Waals surface area contributed by atoms with Gasteiger partial charge in [0.05, 0.1) is 23.7 Å². The number of ether oxygens (including phenoxy) is 3. The van der Waals surface area contributed by atoms with Gasteiger partial charge >= 0.3 is 6.09 Å². The van der Waals surface area contributed by atoms with Gasteiger partial charge in [0.25, 0.3) is 5.69 Å². The molecule has 0 aliphatic carbocycles. The van der Waals surface area contributed by atoms with Crippen LogP contribution in [-0.2, 0) is 4.74 Å². The average Bonchev–Trinajstić information content (AvgIpc) is 3.03. The van der Waals surface area contributed by atoms with Crippen molar-refractivity contribution < 1.29 is 28.7 Å². The zero-order valence-electron chi connectivity index (χ0n) is 15.2. The van der Waals surface area contributed by atoms with Crippen molar-refractivity contribution in [3.8, 4) is 11.5 Å². The van der Waals surface area contributed by atoms with E-state index in [1.54, 1.807) is 4.90 Å². The molecule has 1 fully saturated rings. The molecule has 0 spiro atoms. The number of fused-ring (bicyclic) bond motifs is 1. The molecule has 1 amide bonds. The van der Waals surface area contributed by atoms with Crippen LogP contribution in [0.25, 0.3) is 6.08 Å². The Morgan fingerprint density at radius 1 is 1.14 bits per heavy atom. The molecule has 2 aliphatic heterocycles. The number of ketones is 1. The van der Waals surface area contributed by atoms with E-state index >= 15 is 0 Å². The topological polar surface area (TPSA) is 108 Å². The van der Waals surface area contributed by atoms with Crippen LogP contribution in [0.2, 0.25) is 0 Å². The Labute approximate surface area is 165 Å². The summed E-state index contributed by atoms with van der Waals surface area (Å²) in [5, 5.41) is 10.7. The van der Waals surface area contributed by atoms with Gasteiger partial charge in [0, 0.05) is 31.3 Å². The van der Waals surface area contributed by atoms with Crippen molar-refractivity contribution in [3.63, 3.8) is 0 Å². The maximum Gasteiger partial charge on any atom is 0.415 e. The Bertz CT molecular complexity index is 1010. The first-order valence-corrected chi connectivity index (χ1v) is 8.88. The van der Waals surface area contributed by atoms with E-state index in [0.29, 0.717) is 37.4 Å². The molecule has 2 heterocycles. The van der Waals surface area contributed by atoms with Crippen LogP contribution in [0.1, 0.15) is 15.9 Å². The first-order valence-electron chi connectivity index (χ1n) is 8.88. The maximum absolute atomic E-state index is 12.5. The summed E-state index contributed by atoms with van der Waals surface area (Å²) in [6.45, 7) is 1.85. The molecule has 2 aromatic carbocycles. The highest BCUT2D eigenvalue weighted by Gasteiger charge is 2.28. The van der Waals surface area contributed by atoms with E-state index in [2.05, 4.69) is 0 Å². The van der Waals surface area contributed by atoms with Gasteiger partial charge in [-0.1, -0.05) is 0 Å². The summed E-state index contributed by atoms with van der Waals surface area (Å²) in [6.07, 6.45) is 1.02. The summed E-state index contributed by atoms with van der Waals surface area (Å²) in [5.41, 5.74) is 0.899. The van der Waals surface area contributed by atoms with Crippen LogP contribution < -0.4 is 9.47 Å². The van der Waals surface area contributed by atoms with Gasteiger partial charge in [0.2, 0.25) is 5.78 Å². The van der Waals surface area contributed by atoms with Crippen molar-refractivity contribution in [2.75, 3.05) is 26.3 Å². The van der Waals surface area contributed by atoms with Gasteiger partial charge in [-0.05, 0) is 35.9 Å². The van der Waals surface area contributed by atoms with Crippen LogP contribution in [0.15, 0.2) is 48.2 Å². The molecule has 29 heavy (non-hydrogen) atoms.